The van der Waals surface area contributed by atoms with E-state index < -0.39 is 0 Å². The van der Waals surface area contributed by atoms with Gasteiger partial charge in [-0.05, 0) is 64.5 Å². The van der Waals surface area contributed by atoms with E-state index in [0.29, 0.717) is 0 Å². The summed E-state index contributed by atoms with van der Waals surface area (Å²) in [4.78, 5) is 1.32. The summed E-state index contributed by atoms with van der Waals surface area (Å²) in [6.45, 7) is 5.27. The molecular weight excluding hydrogens is 334 g/mol. The summed E-state index contributed by atoms with van der Waals surface area (Å²) in [7, 11) is 1.71. The molecule has 2 aromatic rings. The number of methoxy groups -OCH3 is 1. The number of rotatable bonds is 6. The van der Waals surface area contributed by atoms with Gasteiger partial charge in [-0.3, -0.25) is 0 Å². The number of thiophene rings is 1. The molecular formula is C16H20BrNOS. The molecule has 0 saturated carbocycles. The lowest BCUT2D eigenvalue weighted by atomic mass is 10.0. The molecule has 0 spiro atoms. The Bertz CT molecular complexity index is 567. The van der Waals surface area contributed by atoms with E-state index in [1.165, 1.54) is 20.5 Å². The van der Waals surface area contributed by atoms with Crippen LogP contribution >= 0.6 is 27.3 Å². The third-order valence-corrected chi connectivity index (χ3v) is 5.19. The average molecular weight is 354 g/mol. The quantitative estimate of drug-likeness (QED) is 0.795. The predicted molar refractivity (Wildman–Crippen MR) is 89.9 cm³/mol. The van der Waals surface area contributed by atoms with Crippen LogP contribution in [0.5, 0.6) is 5.75 Å². The number of hydrogen-bond donors (Lipinski definition) is 1. The van der Waals surface area contributed by atoms with Crippen molar-refractivity contribution in [3.8, 4) is 5.75 Å². The van der Waals surface area contributed by atoms with Crippen molar-refractivity contribution >= 4 is 27.3 Å². The van der Waals surface area contributed by atoms with Crippen molar-refractivity contribution in [3.63, 3.8) is 0 Å². The maximum Gasteiger partial charge on any atom is 0.121 e. The van der Waals surface area contributed by atoms with Crippen LogP contribution in [0.4, 0.5) is 0 Å². The molecule has 1 aromatic heterocycles. The van der Waals surface area contributed by atoms with Crippen molar-refractivity contribution in [2.45, 2.75) is 26.3 Å². The van der Waals surface area contributed by atoms with E-state index in [2.05, 4.69) is 58.7 Å². The fourth-order valence-electron chi connectivity index (χ4n) is 2.24. The number of nitrogens with one attached hydrogen (secondary N) is 1. The zero-order chi connectivity index (χ0) is 14.5. The van der Waals surface area contributed by atoms with E-state index >= 15 is 0 Å². The van der Waals surface area contributed by atoms with Crippen LogP contribution < -0.4 is 10.1 Å². The molecule has 2 rings (SSSR count). The number of ether oxygens (including phenoxy) is 1. The van der Waals surface area contributed by atoms with Crippen molar-refractivity contribution in [3.05, 3.63) is 50.1 Å². The van der Waals surface area contributed by atoms with Crippen molar-refractivity contribution in [1.29, 1.82) is 0 Å². The molecule has 1 unspecified atom stereocenters. The maximum atomic E-state index is 5.35. The van der Waals surface area contributed by atoms with Crippen molar-refractivity contribution in [2.75, 3.05) is 13.7 Å². The Morgan fingerprint density at radius 1 is 1.35 bits per heavy atom. The third kappa shape index (κ3) is 3.43. The largest absolute Gasteiger partial charge is 0.496 e. The van der Waals surface area contributed by atoms with Gasteiger partial charge in [0.15, 0.2) is 0 Å². The van der Waals surface area contributed by atoms with Gasteiger partial charge < -0.3 is 10.1 Å². The summed E-state index contributed by atoms with van der Waals surface area (Å²) in [5.41, 5.74) is 2.45. The molecule has 1 heterocycles. The van der Waals surface area contributed by atoms with Gasteiger partial charge in [0.1, 0.15) is 5.75 Å². The van der Waals surface area contributed by atoms with Crippen LogP contribution in [0.3, 0.4) is 0 Å². The molecule has 0 aliphatic rings. The van der Waals surface area contributed by atoms with Gasteiger partial charge in [0.05, 0.1) is 13.2 Å². The molecule has 0 aliphatic heterocycles. The highest BCUT2D eigenvalue weighted by Crippen LogP contribution is 2.34. The fourth-order valence-corrected chi connectivity index (χ4v) is 3.95. The van der Waals surface area contributed by atoms with Gasteiger partial charge in [0.25, 0.3) is 0 Å². The van der Waals surface area contributed by atoms with E-state index in [4.69, 9.17) is 4.74 Å². The fraction of sp³-hybridized carbons (Fsp3) is 0.375. The molecule has 0 aliphatic carbocycles. The highest BCUT2D eigenvalue weighted by atomic mass is 79.9. The van der Waals surface area contributed by atoms with Gasteiger partial charge in [0, 0.05) is 9.35 Å². The van der Waals surface area contributed by atoms with Gasteiger partial charge >= 0.3 is 0 Å². The smallest absolute Gasteiger partial charge is 0.121 e. The Morgan fingerprint density at radius 2 is 2.15 bits per heavy atom. The van der Waals surface area contributed by atoms with E-state index in [1.807, 2.05) is 6.07 Å². The Balaban J connectivity index is 2.36. The first-order valence-corrected chi connectivity index (χ1v) is 8.45. The van der Waals surface area contributed by atoms with Crippen molar-refractivity contribution in [1.82, 2.24) is 5.32 Å². The number of aryl methyl sites for hydroxylation is 1. The highest BCUT2D eigenvalue weighted by Gasteiger charge is 2.18. The topological polar surface area (TPSA) is 21.3 Å². The molecule has 0 saturated heterocycles. The molecule has 0 bridgehead atoms. The number of benzene rings is 1. The van der Waals surface area contributed by atoms with E-state index in [9.17, 15) is 0 Å². The molecule has 2 nitrogen and oxygen atoms in total. The molecule has 1 aromatic carbocycles. The van der Waals surface area contributed by atoms with Crippen LogP contribution in [0.25, 0.3) is 0 Å². The SMILES string of the molecule is CCCNC(c1ccc(OC)c(C)c1)c1sccc1Br. The van der Waals surface area contributed by atoms with Crippen LogP contribution in [0.15, 0.2) is 34.1 Å². The lowest BCUT2D eigenvalue weighted by Crippen LogP contribution is -2.22. The Kier molecular flexibility index (Phi) is 5.64. The lowest BCUT2D eigenvalue weighted by Gasteiger charge is -2.19. The first-order chi connectivity index (χ1) is 9.67. The zero-order valence-corrected chi connectivity index (χ0v) is 14.5. The Morgan fingerprint density at radius 3 is 2.70 bits per heavy atom. The molecule has 4 heteroatoms. The second-order valence-corrected chi connectivity index (χ2v) is 6.55. The standard InChI is InChI=1S/C16H20BrNOS/c1-4-8-18-15(16-13(17)7-9-20-16)12-5-6-14(19-3)11(2)10-12/h5-7,9-10,15,18H,4,8H2,1-3H3. The highest BCUT2D eigenvalue weighted by molar-refractivity contribution is 9.10. The molecule has 1 atom stereocenters. The molecule has 0 amide bonds. The maximum absolute atomic E-state index is 5.35. The summed E-state index contributed by atoms with van der Waals surface area (Å²) in [5.74, 6) is 0.938. The second-order valence-electron chi connectivity index (χ2n) is 4.75. The van der Waals surface area contributed by atoms with E-state index in [1.54, 1.807) is 18.4 Å². The molecule has 108 valence electrons. The summed E-state index contributed by atoms with van der Waals surface area (Å²) in [6, 6.07) is 8.74. The van der Waals surface area contributed by atoms with Crippen LogP contribution in [-0.2, 0) is 0 Å². The van der Waals surface area contributed by atoms with Gasteiger partial charge in [-0.2, -0.15) is 0 Å². The summed E-state index contributed by atoms with van der Waals surface area (Å²) >= 11 is 5.43. The van der Waals surface area contributed by atoms with Gasteiger partial charge in [0.2, 0.25) is 0 Å². The first kappa shape index (κ1) is 15.5. The van der Waals surface area contributed by atoms with Gasteiger partial charge in [-0.1, -0.05) is 19.1 Å². The summed E-state index contributed by atoms with van der Waals surface area (Å²) < 4.78 is 6.52. The lowest BCUT2D eigenvalue weighted by molar-refractivity contribution is 0.411. The molecule has 1 N–H and O–H groups in total. The normalized spacial score (nSPS) is 12.4. The zero-order valence-electron chi connectivity index (χ0n) is 12.1. The minimum Gasteiger partial charge on any atom is -0.496 e. The Labute approximate surface area is 133 Å². The summed E-state index contributed by atoms with van der Waals surface area (Å²) in [6.07, 6.45) is 1.12. The minimum absolute atomic E-state index is 0.230. The molecule has 0 radical (unpaired) electrons. The summed E-state index contributed by atoms with van der Waals surface area (Å²) in [5, 5.41) is 5.75. The van der Waals surface area contributed by atoms with Crippen LogP contribution in [-0.4, -0.2) is 13.7 Å². The third-order valence-electron chi connectivity index (χ3n) is 3.26. The van der Waals surface area contributed by atoms with Crippen LogP contribution in [0, 0.1) is 6.92 Å². The molecule has 20 heavy (non-hydrogen) atoms. The monoisotopic (exact) mass is 353 g/mol. The van der Waals surface area contributed by atoms with Gasteiger partial charge in [-0.15, -0.1) is 11.3 Å². The second kappa shape index (κ2) is 7.25. The number of halogens is 1. The van der Waals surface area contributed by atoms with E-state index in [0.717, 1.165) is 18.7 Å². The van der Waals surface area contributed by atoms with E-state index in [-0.39, 0.29) is 6.04 Å². The van der Waals surface area contributed by atoms with Gasteiger partial charge in [-0.25, -0.2) is 0 Å². The van der Waals surface area contributed by atoms with Crippen LogP contribution in [0.2, 0.25) is 0 Å². The Hall–Kier alpha value is -0.840. The molecule has 0 fully saturated rings. The van der Waals surface area contributed by atoms with Crippen molar-refractivity contribution in [2.24, 2.45) is 0 Å². The minimum atomic E-state index is 0.230. The number of hydrogen-bond acceptors (Lipinski definition) is 3. The van der Waals surface area contributed by atoms with Crippen molar-refractivity contribution < 1.29 is 4.74 Å². The predicted octanol–water partition coefficient (Wildman–Crippen LogP) is 4.92. The van der Waals surface area contributed by atoms with Crippen LogP contribution in [0.1, 0.15) is 35.4 Å². The first-order valence-electron chi connectivity index (χ1n) is 6.78. The average Bonchev–Trinajstić information content (AvgIpc) is 2.86.